The molecule has 0 atom stereocenters. The molecule has 3 heterocycles. The molecule has 3 aromatic heterocycles. The van der Waals surface area contributed by atoms with E-state index in [-0.39, 0.29) is 11.2 Å². The zero-order chi connectivity index (χ0) is 27.2. The van der Waals surface area contributed by atoms with Gasteiger partial charge in [-0.3, -0.25) is 9.36 Å². The highest BCUT2D eigenvalue weighted by Gasteiger charge is 2.27. The molecule has 1 fully saturated rings. The average molecular weight is 531 g/mol. The number of benzene rings is 3. The number of nitrogens with one attached hydrogen (secondary N) is 1. The van der Waals surface area contributed by atoms with Crippen molar-refractivity contribution in [2.45, 2.75) is 32.9 Å². The lowest BCUT2D eigenvalue weighted by molar-refractivity contribution is 0.591. The van der Waals surface area contributed by atoms with Crippen molar-refractivity contribution in [2.75, 3.05) is 0 Å². The third kappa shape index (κ3) is 4.14. The molecule has 0 saturated heterocycles. The van der Waals surface area contributed by atoms with Crippen LogP contribution in [0.1, 0.15) is 24.2 Å². The fourth-order valence-corrected chi connectivity index (χ4v) is 5.25. The predicted molar refractivity (Wildman–Crippen MR) is 151 cm³/mol. The van der Waals surface area contributed by atoms with Crippen molar-refractivity contribution in [2.24, 2.45) is 5.92 Å². The lowest BCUT2D eigenvalue weighted by atomic mass is 9.98. The van der Waals surface area contributed by atoms with Gasteiger partial charge in [-0.05, 0) is 59.7 Å². The number of nitrogens with zero attached hydrogens (tertiary/aromatic N) is 7. The van der Waals surface area contributed by atoms with Crippen LogP contribution in [0.4, 0.5) is 0 Å². The van der Waals surface area contributed by atoms with E-state index < -0.39 is 0 Å². The summed E-state index contributed by atoms with van der Waals surface area (Å²) in [6.45, 7) is 2.89. The molecule has 3 aromatic carbocycles. The number of H-pyrrole nitrogens is 1. The average Bonchev–Trinajstić information content (AvgIpc) is 3.51. The molecular weight excluding hydrogens is 504 g/mol. The largest absolute Gasteiger partial charge is 0.337 e. The Kier molecular flexibility index (Phi) is 5.73. The summed E-state index contributed by atoms with van der Waals surface area (Å²) in [6, 6.07) is 25.2. The summed E-state index contributed by atoms with van der Waals surface area (Å²) < 4.78 is 4.88. The molecule has 1 N–H and O–H groups in total. The van der Waals surface area contributed by atoms with E-state index in [1.807, 2.05) is 78.2 Å². The first-order valence-corrected chi connectivity index (χ1v) is 13.3. The minimum absolute atomic E-state index is 0.343. The van der Waals surface area contributed by atoms with E-state index in [0.29, 0.717) is 47.5 Å². The molecule has 0 spiro atoms. The molecule has 0 unspecified atom stereocenters. The van der Waals surface area contributed by atoms with Crippen LogP contribution < -0.4 is 11.2 Å². The zero-order valence-corrected chi connectivity index (χ0v) is 21.9. The Morgan fingerprint density at radius 2 is 1.60 bits per heavy atom. The van der Waals surface area contributed by atoms with Crippen LogP contribution >= 0.6 is 0 Å². The van der Waals surface area contributed by atoms with Crippen LogP contribution in [-0.4, -0.2) is 39.3 Å². The predicted octanol–water partition coefficient (Wildman–Crippen LogP) is 3.96. The summed E-state index contributed by atoms with van der Waals surface area (Å²) >= 11 is 0. The van der Waals surface area contributed by atoms with Crippen molar-refractivity contribution in [1.82, 2.24) is 39.3 Å². The first-order valence-electron chi connectivity index (χ1n) is 13.3. The molecule has 1 aliphatic rings. The third-order valence-electron chi connectivity index (χ3n) is 7.49. The van der Waals surface area contributed by atoms with Gasteiger partial charge in [-0.25, -0.2) is 14.3 Å². The Morgan fingerprint density at radius 3 is 2.30 bits per heavy atom. The fourth-order valence-electron chi connectivity index (χ4n) is 5.25. The van der Waals surface area contributed by atoms with E-state index in [9.17, 15) is 9.59 Å². The Hall–Kier alpha value is -5.12. The quantitative estimate of drug-likeness (QED) is 0.334. The normalized spacial score (nSPS) is 13.2. The van der Waals surface area contributed by atoms with Crippen molar-refractivity contribution >= 4 is 11.2 Å². The monoisotopic (exact) mass is 530 g/mol. The number of hydrogen-bond acceptors (Lipinski definition) is 6. The minimum Gasteiger partial charge on any atom is -0.318 e. The minimum atomic E-state index is -0.357. The zero-order valence-electron chi connectivity index (χ0n) is 21.9. The number of hydrogen-bond donors (Lipinski definition) is 1. The second-order valence-electron chi connectivity index (χ2n) is 10.2. The SMILES string of the molecule is Cc1nc2c(c(=O)n(-c3ccccc3)c(=O)n2CC2CC2)n1Cc1ccc(-c2ccccc2-c2nn[nH]n2)cc1. The van der Waals surface area contributed by atoms with E-state index in [1.54, 1.807) is 16.7 Å². The Morgan fingerprint density at radius 1 is 0.875 bits per heavy atom. The van der Waals surface area contributed by atoms with Crippen molar-refractivity contribution in [1.29, 1.82) is 0 Å². The van der Waals surface area contributed by atoms with Gasteiger partial charge in [-0.2, -0.15) is 5.21 Å². The van der Waals surface area contributed by atoms with Crippen molar-refractivity contribution in [3.8, 4) is 28.2 Å². The molecule has 0 aliphatic heterocycles. The van der Waals surface area contributed by atoms with E-state index >= 15 is 0 Å². The summed E-state index contributed by atoms with van der Waals surface area (Å²) in [7, 11) is 0. The number of para-hydroxylation sites is 1. The summed E-state index contributed by atoms with van der Waals surface area (Å²) in [4.78, 5) is 32.2. The maximum Gasteiger partial charge on any atom is 0.337 e. The van der Waals surface area contributed by atoms with Crippen LogP contribution in [0.3, 0.4) is 0 Å². The molecule has 1 aliphatic carbocycles. The lowest BCUT2D eigenvalue weighted by Gasteiger charge is -2.13. The lowest BCUT2D eigenvalue weighted by Crippen LogP contribution is -2.40. The summed E-state index contributed by atoms with van der Waals surface area (Å²) in [5.41, 5.74) is 4.65. The number of imidazole rings is 1. The van der Waals surface area contributed by atoms with Gasteiger partial charge in [-0.1, -0.05) is 66.7 Å². The summed E-state index contributed by atoms with van der Waals surface area (Å²) in [5, 5.41) is 14.5. The van der Waals surface area contributed by atoms with Gasteiger partial charge in [-0.15, -0.1) is 10.2 Å². The van der Waals surface area contributed by atoms with E-state index in [2.05, 4.69) is 20.6 Å². The number of aromatic amines is 1. The topological polar surface area (TPSA) is 116 Å². The molecule has 10 nitrogen and oxygen atoms in total. The van der Waals surface area contributed by atoms with Crippen LogP contribution in [0, 0.1) is 12.8 Å². The Balaban J connectivity index is 1.31. The smallest absolute Gasteiger partial charge is 0.318 e. The van der Waals surface area contributed by atoms with Gasteiger partial charge < -0.3 is 4.57 Å². The fraction of sp³-hybridized carbons (Fsp3) is 0.200. The maximum absolute atomic E-state index is 13.9. The van der Waals surface area contributed by atoms with Crippen LogP contribution in [0.5, 0.6) is 0 Å². The maximum atomic E-state index is 13.9. The molecular formula is C30H26N8O2. The van der Waals surface area contributed by atoms with Crippen LogP contribution in [0.2, 0.25) is 0 Å². The number of fused-ring (bicyclic) bond motifs is 1. The second-order valence-corrected chi connectivity index (χ2v) is 10.2. The molecule has 10 heteroatoms. The number of aromatic nitrogens is 8. The van der Waals surface area contributed by atoms with Crippen LogP contribution in [-0.2, 0) is 13.1 Å². The second kappa shape index (κ2) is 9.57. The molecule has 40 heavy (non-hydrogen) atoms. The van der Waals surface area contributed by atoms with E-state index in [0.717, 1.165) is 35.1 Å². The molecule has 7 rings (SSSR count). The molecule has 1 saturated carbocycles. The first-order chi connectivity index (χ1) is 19.6. The third-order valence-corrected chi connectivity index (χ3v) is 7.49. The number of aryl methyl sites for hydroxylation is 1. The van der Waals surface area contributed by atoms with Gasteiger partial charge in [0.1, 0.15) is 5.82 Å². The Labute approximate surface area is 228 Å². The van der Waals surface area contributed by atoms with E-state index in [4.69, 9.17) is 4.98 Å². The summed E-state index contributed by atoms with van der Waals surface area (Å²) in [6.07, 6.45) is 2.17. The number of tetrazole rings is 1. The van der Waals surface area contributed by atoms with Crippen molar-refractivity contribution in [3.05, 3.63) is 111 Å². The van der Waals surface area contributed by atoms with Crippen molar-refractivity contribution in [3.63, 3.8) is 0 Å². The standard InChI is InChI=1S/C30H26N8O2/c1-19-31-28-26(29(39)38(23-7-3-2-4-8-23)30(40)37(28)18-20-11-12-20)36(19)17-21-13-15-22(16-14-21)24-9-5-6-10-25(24)27-32-34-35-33-27/h2-10,13-16,20H,11-12,17-18H2,1H3,(H,32,33,34,35). The molecule has 0 amide bonds. The van der Waals surface area contributed by atoms with Gasteiger partial charge in [0.25, 0.3) is 5.56 Å². The van der Waals surface area contributed by atoms with Crippen LogP contribution in [0.25, 0.3) is 39.4 Å². The molecule has 6 aromatic rings. The molecule has 0 radical (unpaired) electrons. The Bertz CT molecular complexity index is 1950. The molecule has 0 bridgehead atoms. The van der Waals surface area contributed by atoms with Crippen LogP contribution in [0.15, 0.2) is 88.5 Å². The highest BCUT2D eigenvalue weighted by molar-refractivity contribution is 5.80. The van der Waals surface area contributed by atoms with Gasteiger partial charge in [0.05, 0.1) is 5.69 Å². The van der Waals surface area contributed by atoms with Gasteiger partial charge in [0.2, 0.25) is 5.82 Å². The van der Waals surface area contributed by atoms with Gasteiger partial charge in [0.15, 0.2) is 11.2 Å². The van der Waals surface area contributed by atoms with Gasteiger partial charge in [0, 0.05) is 18.7 Å². The molecule has 198 valence electrons. The summed E-state index contributed by atoms with van der Waals surface area (Å²) in [5.74, 6) is 1.66. The first kappa shape index (κ1) is 24.0. The van der Waals surface area contributed by atoms with E-state index in [1.165, 1.54) is 4.57 Å². The number of rotatable bonds is 7. The van der Waals surface area contributed by atoms with Crippen molar-refractivity contribution < 1.29 is 0 Å². The highest BCUT2D eigenvalue weighted by Crippen LogP contribution is 2.32. The highest BCUT2D eigenvalue weighted by atomic mass is 16.2. The van der Waals surface area contributed by atoms with Gasteiger partial charge >= 0.3 is 5.69 Å².